The molecule has 0 radical (unpaired) electrons. The number of nitrogens with zero attached hydrogens (tertiary/aromatic N) is 1. The molecule has 60 valence electrons. The number of hydrogen-bond acceptors (Lipinski definition) is 2. The van der Waals surface area contributed by atoms with E-state index in [9.17, 15) is 0 Å². The molecule has 1 unspecified atom stereocenters. The smallest absolute Gasteiger partial charge is 0.0931 e. The molecular weight excluding hydrogens is 138 g/mol. The van der Waals surface area contributed by atoms with Crippen LogP contribution in [0.1, 0.15) is 31.2 Å². The Hall–Kier alpha value is -0.890. The SMILES string of the molecule is CCc1ccc(C(C)O)nc1. The van der Waals surface area contributed by atoms with E-state index in [4.69, 9.17) is 5.11 Å². The second-order valence-electron chi connectivity index (χ2n) is 2.62. The Labute approximate surface area is 66.9 Å². The summed E-state index contributed by atoms with van der Waals surface area (Å²) in [6, 6.07) is 3.86. The molecular formula is C9H13NO. The van der Waals surface area contributed by atoms with Crippen LogP contribution in [0, 0.1) is 0 Å². The molecule has 2 heteroatoms. The third kappa shape index (κ3) is 2.02. The van der Waals surface area contributed by atoms with Gasteiger partial charge >= 0.3 is 0 Å². The standard InChI is InChI=1S/C9H13NO/c1-3-8-4-5-9(7(2)11)10-6-8/h4-7,11H,3H2,1-2H3. The van der Waals surface area contributed by atoms with E-state index in [0.29, 0.717) is 0 Å². The normalized spacial score (nSPS) is 13.0. The second-order valence-corrected chi connectivity index (χ2v) is 2.62. The van der Waals surface area contributed by atoms with Gasteiger partial charge in [0.15, 0.2) is 0 Å². The zero-order chi connectivity index (χ0) is 8.27. The number of aliphatic hydroxyl groups is 1. The van der Waals surface area contributed by atoms with Crippen molar-refractivity contribution in [3.8, 4) is 0 Å². The lowest BCUT2D eigenvalue weighted by Gasteiger charge is -2.02. The largest absolute Gasteiger partial charge is 0.387 e. The number of aliphatic hydroxyl groups excluding tert-OH is 1. The van der Waals surface area contributed by atoms with Crippen LogP contribution in [0.3, 0.4) is 0 Å². The molecule has 11 heavy (non-hydrogen) atoms. The first-order valence-corrected chi connectivity index (χ1v) is 3.87. The Morgan fingerprint density at radius 1 is 1.55 bits per heavy atom. The Balaban J connectivity index is 2.83. The zero-order valence-electron chi connectivity index (χ0n) is 6.91. The quantitative estimate of drug-likeness (QED) is 0.697. The molecule has 1 atom stereocenters. The third-order valence-corrected chi connectivity index (χ3v) is 1.68. The summed E-state index contributed by atoms with van der Waals surface area (Å²) >= 11 is 0. The van der Waals surface area contributed by atoms with E-state index in [0.717, 1.165) is 12.1 Å². The maximum atomic E-state index is 9.12. The molecule has 1 aromatic heterocycles. The van der Waals surface area contributed by atoms with Gasteiger partial charge < -0.3 is 5.11 Å². The monoisotopic (exact) mass is 151 g/mol. The van der Waals surface area contributed by atoms with E-state index in [1.54, 1.807) is 6.92 Å². The van der Waals surface area contributed by atoms with Crippen LogP contribution in [0.25, 0.3) is 0 Å². The third-order valence-electron chi connectivity index (χ3n) is 1.68. The van der Waals surface area contributed by atoms with Gasteiger partial charge in [0, 0.05) is 6.20 Å². The van der Waals surface area contributed by atoms with Crippen LogP contribution >= 0.6 is 0 Å². The number of pyridine rings is 1. The summed E-state index contributed by atoms with van der Waals surface area (Å²) in [5.41, 5.74) is 1.94. The summed E-state index contributed by atoms with van der Waals surface area (Å²) in [6.45, 7) is 3.80. The molecule has 1 aromatic rings. The fourth-order valence-corrected chi connectivity index (χ4v) is 0.892. The number of rotatable bonds is 2. The minimum atomic E-state index is -0.457. The zero-order valence-corrected chi connectivity index (χ0v) is 6.91. The topological polar surface area (TPSA) is 33.1 Å². The van der Waals surface area contributed by atoms with Gasteiger partial charge in [-0.15, -0.1) is 0 Å². The lowest BCUT2D eigenvalue weighted by Crippen LogP contribution is -1.95. The van der Waals surface area contributed by atoms with Crippen LogP contribution in [0.15, 0.2) is 18.3 Å². The van der Waals surface area contributed by atoms with Crippen molar-refractivity contribution in [1.82, 2.24) is 4.98 Å². The summed E-state index contributed by atoms with van der Waals surface area (Å²) in [5, 5.41) is 9.12. The molecule has 1 N–H and O–H groups in total. The molecule has 0 aromatic carbocycles. The van der Waals surface area contributed by atoms with Crippen molar-refractivity contribution >= 4 is 0 Å². The predicted octanol–water partition coefficient (Wildman–Crippen LogP) is 1.70. The molecule has 1 heterocycles. The van der Waals surface area contributed by atoms with Gasteiger partial charge in [-0.1, -0.05) is 13.0 Å². The summed E-state index contributed by atoms with van der Waals surface area (Å²) in [5.74, 6) is 0. The first-order chi connectivity index (χ1) is 5.24. The molecule has 0 fully saturated rings. The van der Waals surface area contributed by atoms with Crippen molar-refractivity contribution in [3.05, 3.63) is 29.6 Å². The van der Waals surface area contributed by atoms with E-state index in [1.165, 1.54) is 5.56 Å². The second kappa shape index (κ2) is 3.49. The van der Waals surface area contributed by atoms with E-state index in [-0.39, 0.29) is 0 Å². The highest BCUT2D eigenvalue weighted by molar-refractivity contribution is 5.14. The summed E-state index contributed by atoms with van der Waals surface area (Å²) < 4.78 is 0. The lowest BCUT2D eigenvalue weighted by molar-refractivity contribution is 0.194. The van der Waals surface area contributed by atoms with Crippen LogP contribution in [-0.2, 0) is 6.42 Å². The Morgan fingerprint density at radius 2 is 2.27 bits per heavy atom. The average molecular weight is 151 g/mol. The molecule has 0 amide bonds. The molecule has 0 saturated carbocycles. The summed E-state index contributed by atoms with van der Waals surface area (Å²) in [4.78, 5) is 4.10. The van der Waals surface area contributed by atoms with E-state index in [1.807, 2.05) is 18.3 Å². The van der Waals surface area contributed by atoms with Crippen molar-refractivity contribution in [2.24, 2.45) is 0 Å². The summed E-state index contributed by atoms with van der Waals surface area (Å²) in [6.07, 6.45) is 2.34. The Morgan fingerprint density at radius 3 is 2.64 bits per heavy atom. The maximum Gasteiger partial charge on any atom is 0.0931 e. The number of hydrogen-bond donors (Lipinski definition) is 1. The van der Waals surface area contributed by atoms with Crippen LogP contribution in [0.2, 0.25) is 0 Å². The van der Waals surface area contributed by atoms with Gasteiger partial charge in [-0.3, -0.25) is 4.98 Å². The van der Waals surface area contributed by atoms with Crippen LogP contribution in [-0.4, -0.2) is 10.1 Å². The lowest BCUT2D eigenvalue weighted by atomic mass is 10.2. The van der Waals surface area contributed by atoms with Crippen molar-refractivity contribution < 1.29 is 5.11 Å². The fourth-order valence-electron chi connectivity index (χ4n) is 0.892. The van der Waals surface area contributed by atoms with Gasteiger partial charge in [0.1, 0.15) is 0 Å². The molecule has 0 aliphatic heterocycles. The van der Waals surface area contributed by atoms with Gasteiger partial charge in [0.2, 0.25) is 0 Å². The maximum absolute atomic E-state index is 9.12. The first kappa shape index (κ1) is 8.21. The van der Waals surface area contributed by atoms with Gasteiger partial charge in [0.25, 0.3) is 0 Å². The Bertz CT molecular complexity index is 216. The molecule has 0 aliphatic carbocycles. The highest BCUT2D eigenvalue weighted by Gasteiger charge is 1.99. The van der Waals surface area contributed by atoms with Gasteiger partial charge in [-0.25, -0.2) is 0 Å². The highest BCUT2D eigenvalue weighted by Crippen LogP contribution is 2.08. The minimum Gasteiger partial charge on any atom is -0.387 e. The van der Waals surface area contributed by atoms with Gasteiger partial charge in [0.05, 0.1) is 11.8 Å². The average Bonchev–Trinajstić information content (AvgIpc) is 2.05. The highest BCUT2D eigenvalue weighted by atomic mass is 16.3. The van der Waals surface area contributed by atoms with Crippen molar-refractivity contribution in [3.63, 3.8) is 0 Å². The first-order valence-electron chi connectivity index (χ1n) is 3.87. The molecule has 0 spiro atoms. The molecule has 1 rings (SSSR count). The molecule has 0 aliphatic rings. The van der Waals surface area contributed by atoms with Crippen molar-refractivity contribution in [2.75, 3.05) is 0 Å². The predicted molar refractivity (Wildman–Crippen MR) is 44.2 cm³/mol. The number of aromatic nitrogens is 1. The van der Waals surface area contributed by atoms with E-state index in [2.05, 4.69) is 11.9 Å². The molecule has 0 saturated heterocycles. The van der Waals surface area contributed by atoms with Crippen LogP contribution in [0.5, 0.6) is 0 Å². The summed E-state index contributed by atoms with van der Waals surface area (Å²) in [7, 11) is 0. The van der Waals surface area contributed by atoms with Gasteiger partial charge in [-0.2, -0.15) is 0 Å². The van der Waals surface area contributed by atoms with E-state index >= 15 is 0 Å². The number of aryl methyl sites for hydroxylation is 1. The van der Waals surface area contributed by atoms with Gasteiger partial charge in [-0.05, 0) is 25.0 Å². The van der Waals surface area contributed by atoms with Crippen LogP contribution in [0.4, 0.5) is 0 Å². The van der Waals surface area contributed by atoms with Crippen LogP contribution < -0.4 is 0 Å². The van der Waals surface area contributed by atoms with Crippen molar-refractivity contribution in [1.29, 1.82) is 0 Å². The fraction of sp³-hybridized carbons (Fsp3) is 0.444. The Kier molecular flexibility index (Phi) is 2.60. The minimum absolute atomic E-state index is 0.457. The van der Waals surface area contributed by atoms with E-state index < -0.39 is 6.10 Å². The van der Waals surface area contributed by atoms with Crippen molar-refractivity contribution in [2.45, 2.75) is 26.4 Å². The molecule has 2 nitrogen and oxygen atoms in total. The molecule has 0 bridgehead atoms.